The summed E-state index contributed by atoms with van der Waals surface area (Å²) in [6.07, 6.45) is 0. The second-order valence-electron chi connectivity index (χ2n) is 2.54. The van der Waals surface area contributed by atoms with Gasteiger partial charge >= 0.3 is 0 Å². The first kappa shape index (κ1) is 6.80. The van der Waals surface area contributed by atoms with Crippen LogP contribution >= 0.6 is 11.8 Å². The van der Waals surface area contributed by atoms with E-state index in [4.69, 9.17) is 5.73 Å². The van der Waals surface area contributed by atoms with E-state index in [2.05, 4.69) is 18.2 Å². The third-order valence-corrected chi connectivity index (χ3v) is 2.68. The van der Waals surface area contributed by atoms with E-state index >= 15 is 0 Å². The van der Waals surface area contributed by atoms with E-state index in [1.54, 1.807) is 11.8 Å². The fraction of sp³-hybridized carbons (Fsp3) is 0.111. The highest BCUT2D eigenvalue weighted by Gasteiger charge is 2.07. The molecular formula is C9H9NS. The Bertz CT molecular complexity index is 304. The Hall–Kier alpha value is -0.890. The quantitative estimate of drug-likeness (QED) is 0.634. The molecule has 0 saturated carbocycles. The summed E-state index contributed by atoms with van der Waals surface area (Å²) in [7, 11) is 0. The molecule has 1 aliphatic heterocycles. The van der Waals surface area contributed by atoms with Gasteiger partial charge in [0.1, 0.15) is 0 Å². The fourth-order valence-corrected chi connectivity index (χ4v) is 2.03. The van der Waals surface area contributed by atoms with Crippen LogP contribution in [0.1, 0.15) is 11.1 Å². The maximum absolute atomic E-state index is 5.79. The molecule has 0 spiro atoms. The number of thioether (sulfide) groups is 1. The van der Waals surface area contributed by atoms with E-state index < -0.39 is 0 Å². The van der Waals surface area contributed by atoms with E-state index in [9.17, 15) is 0 Å². The summed E-state index contributed by atoms with van der Waals surface area (Å²) in [5.74, 6) is 1.05. The van der Waals surface area contributed by atoms with Gasteiger partial charge in [-0.25, -0.2) is 0 Å². The number of hydrogen-bond donors (Lipinski definition) is 1. The molecule has 1 aliphatic rings. The number of hydrogen-bond acceptors (Lipinski definition) is 2. The summed E-state index contributed by atoms with van der Waals surface area (Å²) < 4.78 is 0. The van der Waals surface area contributed by atoms with Gasteiger partial charge < -0.3 is 5.73 Å². The van der Waals surface area contributed by atoms with Gasteiger partial charge in [0, 0.05) is 17.0 Å². The van der Waals surface area contributed by atoms with Crippen molar-refractivity contribution in [3.05, 3.63) is 40.8 Å². The summed E-state index contributed by atoms with van der Waals surface area (Å²) >= 11 is 1.76. The van der Waals surface area contributed by atoms with E-state index in [0.29, 0.717) is 0 Å². The third kappa shape index (κ3) is 1.14. The van der Waals surface area contributed by atoms with E-state index in [1.807, 2.05) is 11.5 Å². The van der Waals surface area contributed by atoms with Crippen molar-refractivity contribution in [2.75, 3.05) is 0 Å². The molecule has 2 N–H and O–H groups in total. The van der Waals surface area contributed by atoms with Crippen molar-refractivity contribution in [2.24, 2.45) is 5.73 Å². The van der Waals surface area contributed by atoms with Gasteiger partial charge in [-0.05, 0) is 11.0 Å². The van der Waals surface area contributed by atoms with Crippen LogP contribution in [0.15, 0.2) is 29.7 Å². The van der Waals surface area contributed by atoms with Crippen LogP contribution in [0.2, 0.25) is 0 Å². The Morgan fingerprint density at radius 1 is 1.27 bits per heavy atom. The predicted molar refractivity (Wildman–Crippen MR) is 49.9 cm³/mol. The van der Waals surface area contributed by atoms with Crippen molar-refractivity contribution in [2.45, 2.75) is 5.75 Å². The highest BCUT2D eigenvalue weighted by molar-refractivity contribution is 8.01. The Kier molecular flexibility index (Phi) is 1.62. The Morgan fingerprint density at radius 2 is 2.09 bits per heavy atom. The highest BCUT2D eigenvalue weighted by Crippen LogP contribution is 2.27. The van der Waals surface area contributed by atoms with Crippen LogP contribution in [-0.4, -0.2) is 0 Å². The van der Waals surface area contributed by atoms with Crippen LogP contribution in [0.3, 0.4) is 0 Å². The van der Waals surface area contributed by atoms with Crippen LogP contribution in [0.4, 0.5) is 0 Å². The first-order valence-corrected chi connectivity index (χ1v) is 4.58. The third-order valence-electron chi connectivity index (χ3n) is 1.78. The summed E-state index contributed by atoms with van der Waals surface area (Å²) in [5, 5.41) is 2.02. The normalized spacial score (nSPS) is 15.5. The lowest BCUT2D eigenvalue weighted by molar-refractivity contribution is 1.35. The molecule has 0 aromatic heterocycles. The van der Waals surface area contributed by atoms with Crippen LogP contribution in [-0.2, 0) is 5.75 Å². The van der Waals surface area contributed by atoms with Gasteiger partial charge in [0.05, 0.1) is 0 Å². The zero-order chi connectivity index (χ0) is 7.68. The summed E-state index contributed by atoms with van der Waals surface area (Å²) in [6.45, 7) is 0. The van der Waals surface area contributed by atoms with Gasteiger partial charge in [0.25, 0.3) is 0 Å². The topological polar surface area (TPSA) is 26.0 Å². The zero-order valence-electron chi connectivity index (χ0n) is 6.08. The fourth-order valence-electron chi connectivity index (χ4n) is 1.21. The Morgan fingerprint density at radius 3 is 2.91 bits per heavy atom. The van der Waals surface area contributed by atoms with Crippen molar-refractivity contribution >= 4 is 17.5 Å². The monoisotopic (exact) mass is 163 g/mol. The molecule has 11 heavy (non-hydrogen) atoms. The predicted octanol–water partition coefficient (Wildman–Crippen LogP) is 2.19. The summed E-state index contributed by atoms with van der Waals surface area (Å²) in [6, 6.07) is 8.27. The molecule has 0 aliphatic carbocycles. The minimum absolute atomic E-state index is 0.900. The van der Waals surface area contributed by atoms with Gasteiger partial charge in [-0.2, -0.15) is 0 Å². The second kappa shape index (κ2) is 2.62. The smallest absolute Gasteiger partial charge is 0.0454 e. The van der Waals surface area contributed by atoms with Crippen LogP contribution < -0.4 is 5.73 Å². The van der Waals surface area contributed by atoms with Gasteiger partial charge in [-0.1, -0.05) is 24.3 Å². The van der Waals surface area contributed by atoms with Crippen molar-refractivity contribution in [3.8, 4) is 0 Å². The average Bonchev–Trinajstić information content (AvgIpc) is 2.06. The standard InChI is InChI=1S/C9H9NS/c10-9-6-11-5-7-3-1-2-4-8(7)9/h1-4,6H,5,10H2. The maximum Gasteiger partial charge on any atom is 0.0454 e. The first-order chi connectivity index (χ1) is 5.38. The molecule has 1 nitrogen and oxygen atoms in total. The lowest BCUT2D eigenvalue weighted by atomic mass is 10.1. The van der Waals surface area contributed by atoms with Gasteiger partial charge in [-0.15, -0.1) is 11.8 Å². The van der Waals surface area contributed by atoms with Gasteiger partial charge in [0.15, 0.2) is 0 Å². The Balaban J connectivity index is 2.56. The molecule has 56 valence electrons. The van der Waals surface area contributed by atoms with Crippen LogP contribution in [0, 0.1) is 0 Å². The van der Waals surface area contributed by atoms with Crippen molar-refractivity contribution in [3.63, 3.8) is 0 Å². The lowest BCUT2D eigenvalue weighted by Crippen LogP contribution is -2.02. The molecule has 1 heterocycles. The van der Waals surface area contributed by atoms with E-state index in [-0.39, 0.29) is 0 Å². The molecular weight excluding hydrogens is 154 g/mol. The molecule has 0 amide bonds. The highest BCUT2D eigenvalue weighted by atomic mass is 32.2. The molecule has 0 saturated heterocycles. The zero-order valence-corrected chi connectivity index (χ0v) is 6.90. The molecule has 2 rings (SSSR count). The molecule has 0 unspecified atom stereocenters. The molecule has 1 aromatic carbocycles. The number of rotatable bonds is 0. The SMILES string of the molecule is NC1=CSCc2ccccc21. The van der Waals surface area contributed by atoms with Gasteiger partial charge in [0.2, 0.25) is 0 Å². The molecule has 0 bridgehead atoms. The van der Waals surface area contributed by atoms with Crippen LogP contribution in [0.5, 0.6) is 0 Å². The number of nitrogens with two attached hydrogens (primary N) is 1. The van der Waals surface area contributed by atoms with Crippen molar-refractivity contribution < 1.29 is 0 Å². The summed E-state index contributed by atoms with van der Waals surface area (Å²) in [4.78, 5) is 0. The minimum atomic E-state index is 0.900. The number of fused-ring (bicyclic) bond motifs is 1. The van der Waals surface area contributed by atoms with Crippen molar-refractivity contribution in [1.82, 2.24) is 0 Å². The number of benzene rings is 1. The molecule has 0 fully saturated rings. The molecule has 1 aromatic rings. The lowest BCUT2D eigenvalue weighted by Gasteiger charge is -2.12. The second-order valence-corrected chi connectivity index (χ2v) is 3.40. The average molecular weight is 163 g/mol. The van der Waals surface area contributed by atoms with Gasteiger partial charge in [-0.3, -0.25) is 0 Å². The largest absolute Gasteiger partial charge is 0.398 e. The maximum atomic E-state index is 5.79. The van der Waals surface area contributed by atoms with E-state index in [0.717, 1.165) is 11.4 Å². The summed E-state index contributed by atoms with van der Waals surface area (Å²) in [5.41, 5.74) is 9.23. The van der Waals surface area contributed by atoms with E-state index in [1.165, 1.54) is 11.1 Å². The Labute approximate surface area is 70.3 Å². The van der Waals surface area contributed by atoms with Crippen molar-refractivity contribution in [1.29, 1.82) is 0 Å². The molecule has 2 heteroatoms. The van der Waals surface area contributed by atoms with Crippen LogP contribution in [0.25, 0.3) is 5.70 Å². The first-order valence-electron chi connectivity index (χ1n) is 3.53. The molecule has 0 radical (unpaired) electrons. The molecule has 0 atom stereocenters. The minimum Gasteiger partial charge on any atom is -0.398 e.